The largest absolute Gasteiger partial charge is 0.481 e. The van der Waals surface area contributed by atoms with Crippen molar-refractivity contribution in [1.29, 1.82) is 0 Å². The van der Waals surface area contributed by atoms with Gasteiger partial charge in [0.1, 0.15) is 24.4 Å². The van der Waals surface area contributed by atoms with E-state index in [-0.39, 0.29) is 56.3 Å². The zero-order valence-electron chi connectivity index (χ0n) is 25.0. The van der Waals surface area contributed by atoms with Crippen molar-refractivity contribution < 1.29 is 38.7 Å². The molecule has 0 saturated heterocycles. The van der Waals surface area contributed by atoms with Crippen molar-refractivity contribution in [3.05, 3.63) is 35.9 Å². The monoisotopic (exact) mass is 647 g/mol. The number of Topliss-reactive ketones (excluding diaryl/α,β-unsaturated/α-hetero) is 1. The third kappa shape index (κ3) is 14.6. The average molecular weight is 648 g/mol. The van der Waals surface area contributed by atoms with E-state index in [2.05, 4.69) is 25.9 Å². The van der Waals surface area contributed by atoms with Crippen molar-refractivity contribution in [3.8, 4) is 0 Å². The van der Waals surface area contributed by atoms with Crippen LogP contribution >= 0.6 is 0 Å². The van der Waals surface area contributed by atoms with E-state index in [1.54, 1.807) is 18.2 Å². The number of rotatable bonds is 21. The number of aliphatic imine (C=N–C) groups is 2. The number of aliphatic carboxylic acids is 1. The molecule has 0 aliphatic heterocycles. The van der Waals surface area contributed by atoms with Crippen LogP contribution < -0.4 is 50.4 Å². The summed E-state index contributed by atoms with van der Waals surface area (Å²) in [5.74, 6) is -9.06. The third-order valence-corrected chi connectivity index (χ3v) is 6.29. The minimum absolute atomic E-state index is 0.0511. The van der Waals surface area contributed by atoms with Crippen molar-refractivity contribution >= 4 is 53.2 Å². The molecule has 46 heavy (non-hydrogen) atoms. The lowest BCUT2D eigenvalue weighted by Crippen LogP contribution is -2.51. The summed E-state index contributed by atoms with van der Waals surface area (Å²) in [6.07, 6.45) is -1.34. The number of benzene rings is 1. The Labute approximate surface area is 263 Å². The number of carbonyl (C=O) groups is 7. The fraction of sp³-hybridized carbons (Fsp3) is 0.444. The van der Waals surface area contributed by atoms with Crippen LogP contribution in [0.4, 0.5) is 0 Å². The fourth-order valence-corrected chi connectivity index (χ4v) is 4.16. The maximum absolute atomic E-state index is 14.0. The molecule has 252 valence electrons. The van der Waals surface area contributed by atoms with Crippen molar-refractivity contribution in [3.63, 3.8) is 0 Å². The summed E-state index contributed by atoms with van der Waals surface area (Å²) in [6.45, 7) is 0.205. The maximum Gasteiger partial charge on any atom is 0.305 e. The number of hydrogen-bond donors (Lipinski definition) is 10. The number of hydrogen-bond acceptors (Lipinski definition) is 9. The van der Waals surface area contributed by atoms with Crippen LogP contribution in [0.25, 0.3) is 0 Å². The zero-order chi connectivity index (χ0) is 34.8. The van der Waals surface area contributed by atoms with Gasteiger partial charge in [-0.3, -0.25) is 43.5 Å². The molecule has 5 amide bonds. The van der Waals surface area contributed by atoms with E-state index in [0.29, 0.717) is 0 Å². The minimum atomic E-state index is -1.58. The van der Waals surface area contributed by atoms with E-state index in [9.17, 15) is 33.6 Å². The van der Waals surface area contributed by atoms with E-state index in [1.165, 1.54) is 12.1 Å². The van der Waals surface area contributed by atoms with E-state index >= 15 is 0 Å². The molecule has 0 heterocycles. The highest BCUT2D eigenvalue weighted by Gasteiger charge is 2.36. The van der Waals surface area contributed by atoms with Crippen molar-refractivity contribution in [2.24, 2.45) is 44.4 Å². The number of primary amides is 2. The number of nitrogens with zero attached hydrogens (tertiary/aromatic N) is 2. The molecule has 1 aromatic carbocycles. The number of carbonyl (C=O) groups excluding carboxylic acids is 6. The van der Waals surface area contributed by atoms with Crippen LogP contribution in [0.1, 0.15) is 50.0 Å². The van der Waals surface area contributed by atoms with E-state index < -0.39 is 78.2 Å². The van der Waals surface area contributed by atoms with Gasteiger partial charge in [-0.15, -0.1) is 0 Å². The molecule has 0 bridgehead atoms. The summed E-state index contributed by atoms with van der Waals surface area (Å²) < 4.78 is 0. The number of nitrogens with two attached hydrogens (primary N) is 6. The van der Waals surface area contributed by atoms with Crippen LogP contribution in [0.2, 0.25) is 0 Å². The van der Waals surface area contributed by atoms with E-state index in [4.69, 9.17) is 39.5 Å². The Bertz CT molecular complexity index is 1310. The highest BCUT2D eigenvalue weighted by molar-refractivity contribution is 6.11. The Morgan fingerprint density at radius 1 is 0.674 bits per heavy atom. The molecule has 0 saturated carbocycles. The van der Waals surface area contributed by atoms with Gasteiger partial charge in [0, 0.05) is 13.1 Å². The fourth-order valence-electron chi connectivity index (χ4n) is 4.16. The molecule has 1 aromatic rings. The Hall–Kier alpha value is -5.75. The van der Waals surface area contributed by atoms with Crippen LogP contribution in [0.3, 0.4) is 0 Å². The number of amides is 5. The van der Waals surface area contributed by atoms with Gasteiger partial charge in [-0.1, -0.05) is 30.3 Å². The topological polar surface area (TPSA) is 357 Å². The SMILES string of the molecule is NC(=O)[C@H](CC(=O)O)NC(=O)CC(=O)N[C@@H](CCCN=C(N)N)C(=O)C(C(=O)N[C@@H](CCCN=C(N)N)C(N)=O)c1ccccc1. The third-order valence-electron chi connectivity index (χ3n) is 6.29. The molecule has 0 aromatic heterocycles. The standard InChI is InChI=1S/C27H41N11O8/c28-23(44)16(9-5-11-35-27(32)33)38-25(46)21(14-6-2-1-3-7-14)22(43)15(8-4-10-34-26(30)31)36-18(39)13-19(40)37-17(24(29)45)12-20(41)42/h1-3,6-7,15-17,21H,4-5,8-13H2,(H2,28,44)(H2,29,45)(H,36,39)(H,37,40)(H,38,46)(H,41,42)(H4,30,31,34)(H4,32,33,35)/t15-,16-,17-,21?/m0/s1. The number of ketones is 1. The molecule has 0 fully saturated rings. The molecular weight excluding hydrogens is 606 g/mol. The van der Waals surface area contributed by atoms with Crippen molar-refractivity contribution in [2.45, 2.75) is 62.6 Å². The highest BCUT2D eigenvalue weighted by Crippen LogP contribution is 2.21. The zero-order valence-corrected chi connectivity index (χ0v) is 25.0. The smallest absolute Gasteiger partial charge is 0.305 e. The molecule has 0 radical (unpaired) electrons. The maximum atomic E-state index is 14.0. The van der Waals surface area contributed by atoms with Crippen LogP contribution in [-0.4, -0.2) is 89.5 Å². The van der Waals surface area contributed by atoms with Gasteiger partial charge < -0.3 is 55.5 Å². The second-order valence-corrected chi connectivity index (χ2v) is 10.0. The molecule has 0 aliphatic rings. The first-order chi connectivity index (χ1) is 21.6. The Morgan fingerprint density at radius 3 is 1.61 bits per heavy atom. The normalized spacial score (nSPS) is 13.0. The first kappa shape index (κ1) is 38.3. The minimum Gasteiger partial charge on any atom is -0.481 e. The van der Waals surface area contributed by atoms with E-state index in [1.807, 2.05) is 0 Å². The van der Waals surface area contributed by atoms with Gasteiger partial charge >= 0.3 is 5.97 Å². The molecular formula is C27H41N11O8. The number of carboxylic acid groups (broad SMARTS) is 1. The second kappa shape index (κ2) is 19.5. The Kier molecular flexibility index (Phi) is 16.2. The predicted molar refractivity (Wildman–Crippen MR) is 165 cm³/mol. The summed E-state index contributed by atoms with van der Waals surface area (Å²) in [5, 5.41) is 15.9. The summed E-state index contributed by atoms with van der Waals surface area (Å²) in [6, 6.07) is 3.65. The predicted octanol–water partition coefficient (Wildman–Crippen LogP) is -4.26. The van der Waals surface area contributed by atoms with Gasteiger partial charge in [0.2, 0.25) is 29.5 Å². The summed E-state index contributed by atoms with van der Waals surface area (Å²) in [7, 11) is 0. The summed E-state index contributed by atoms with van der Waals surface area (Å²) in [4.78, 5) is 95.0. The molecule has 4 atom stereocenters. The van der Waals surface area contributed by atoms with Gasteiger partial charge in [0.15, 0.2) is 17.7 Å². The Balaban J connectivity index is 3.27. The first-order valence-corrected chi connectivity index (χ1v) is 14.0. The first-order valence-electron chi connectivity index (χ1n) is 14.0. The summed E-state index contributed by atoms with van der Waals surface area (Å²) >= 11 is 0. The van der Waals surface area contributed by atoms with Crippen LogP contribution in [0.15, 0.2) is 40.3 Å². The Morgan fingerprint density at radius 2 is 1.15 bits per heavy atom. The molecule has 1 rings (SSSR count). The molecule has 0 spiro atoms. The van der Waals surface area contributed by atoms with Gasteiger partial charge in [-0.05, 0) is 31.2 Å². The van der Waals surface area contributed by atoms with Crippen LogP contribution in [-0.2, 0) is 33.6 Å². The lowest BCUT2D eigenvalue weighted by atomic mass is 9.87. The molecule has 19 heteroatoms. The van der Waals surface area contributed by atoms with Crippen LogP contribution in [0, 0.1) is 0 Å². The van der Waals surface area contributed by atoms with Gasteiger partial charge in [-0.2, -0.15) is 0 Å². The summed E-state index contributed by atoms with van der Waals surface area (Å²) in [5.41, 5.74) is 32.1. The molecule has 19 nitrogen and oxygen atoms in total. The number of guanidine groups is 2. The van der Waals surface area contributed by atoms with Gasteiger partial charge in [-0.25, -0.2) is 0 Å². The van der Waals surface area contributed by atoms with Crippen molar-refractivity contribution in [1.82, 2.24) is 16.0 Å². The highest BCUT2D eigenvalue weighted by atomic mass is 16.4. The average Bonchev–Trinajstić information content (AvgIpc) is 2.95. The quantitative estimate of drug-likeness (QED) is 0.0262. The van der Waals surface area contributed by atoms with E-state index in [0.717, 1.165) is 0 Å². The van der Waals surface area contributed by atoms with Crippen molar-refractivity contribution in [2.75, 3.05) is 13.1 Å². The number of carboxylic acids is 1. The lowest BCUT2D eigenvalue weighted by molar-refractivity contribution is -0.140. The number of nitrogens with one attached hydrogen (secondary N) is 3. The second-order valence-electron chi connectivity index (χ2n) is 10.0. The van der Waals surface area contributed by atoms with Gasteiger partial charge in [0.25, 0.3) is 0 Å². The molecule has 1 unspecified atom stereocenters. The van der Waals surface area contributed by atoms with Gasteiger partial charge in [0.05, 0.1) is 12.5 Å². The molecule has 0 aliphatic carbocycles. The van der Waals surface area contributed by atoms with Crippen LogP contribution in [0.5, 0.6) is 0 Å². The molecule has 16 N–H and O–H groups in total. The lowest BCUT2D eigenvalue weighted by Gasteiger charge is -2.25.